The van der Waals surface area contributed by atoms with Crippen molar-refractivity contribution in [3.05, 3.63) is 17.2 Å². The molecule has 0 spiro atoms. The van der Waals surface area contributed by atoms with E-state index in [0.717, 1.165) is 12.0 Å². The molecule has 0 atom stereocenters. The molecule has 0 unspecified atom stereocenters. The maximum atomic E-state index is 11.6. The van der Waals surface area contributed by atoms with Crippen LogP contribution in [0.15, 0.2) is 6.07 Å². The van der Waals surface area contributed by atoms with E-state index in [1.54, 1.807) is 6.07 Å². The fourth-order valence-electron chi connectivity index (χ4n) is 2.37. The predicted octanol–water partition coefficient (Wildman–Crippen LogP) is 2.07. The normalized spacial score (nSPS) is 20.2. The minimum atomic E-state index is -0.240. The molecule has 0 amide bonds. The van der Waals surface area contributed by atoms with E-state index in [1.165, 1.54) is 0 Å². The lowest BCUT2D eigenvalue weighted by Crippen LogP contribution is -2.32. The summed E-state index contributed by atoms with van der Waals surface area (Å²) in [6.07, 6.45) is 1.54. The van der Waals surface area contributed by atoms with E-state index in [2.05, 4.69) is 0 Å². The fourth-order valence-corrected chi connectivity index (χ4v) is 2.37. The zero-order chi connectivity index (χ0) is 12.2. The highest BCUT2D eigenvalue weighted by Gasteiger charge is 2.34. The topological polar surface area (TPSA) is 55.8 Å². The number of Topliss-reactive ketones (excluding diaryl/α,β-unsaturated/α-hetero) is 1. The second-order valence-electron chi connectivity index (χ2n) is 5.15. The number of carbonyl (C=O) groups is 1. The van der Waals surface area contributed by atoms with Crippen molar-refractivity contribution in [2.45, 2.75) is 32.3 Å². The van der Waals surface area contributed by atoms with Crippen LogP contribution in [0.5, 0.6) is 17.2 Å². The van der Waals surface area contributed by atoms with E-state index < -0.39 is 0 Å². The highest BCUT2D eigenvalue weighted by molar-refractivity contribution is 6.05. The first-order valence-corrected chi connectivity index (χ1v) is 5.72. The summed E-state index contributed by atoms with van der Waals surface area (Å²) >= 11 is 0. The van der Waals surface area contributed by atoms with Crippen molar-refractivity contribution >= 4 is 5.78 Å². The maximum Gasteiger partial charge on any atom is 0.207 e. The Morgan fingerprint density at radius 1 is 1.35 bits per heavy atom. The van der Waals surface area contributed by atoms with Gasteiger partial charge in [-0.1, -0.05) is 0 Å². The molecule has 2 aliphatic rings. The monoisotopic (exact) mass is 234 g/mol. The minimum absolute atomic E-state index is 0.00911. The van der Waals surface area contributed by atoms with Crippen molar-refractivity contribution in [2.24, 2.45) is 0 Å². The molecule has 2 heterocycles. The van der Waals surface area contributed by atoms with Crippen LogP contribution in [0.4, 0.5) is 0 Å². The second-order valence-corrected chi connectivity index (χ2v) is 5.15. The van der Waals surface area contributed by atoms with Crippen LogP contribution in [-0.4, -0.2) is 23.1 Å². The summed E-state index contributed by atoms with van der Waals surface area (Å²) < 4.78 is 11.0. The lowest BCUT2D eigenvalue weighted by atomic mass is 9.92. The zero-order valence-corrected chi connectivity index (χ0v) is 9.87. The average Bonchev–Trinajstić information content (AvgIpc) is 2.58. The number of ether oxygens (including phenoxy) is 2. The molecule has 1 aromatic carbocycles. The molecule has 90 valence electrons. The Bertz CT molecular complexity index is 517. The smallest absolute Gasteiger partial charge is 0.207 e. The molecule has 0 aromatic heterocycles. The van der Waals surface area contributed by atoms with E-state index in [9.17, 15) is 9.90 Å². The number of hydrogen-bond acceptors (Lipinski definition) is 4. The number of aromatic hydroxyl groups is 1. The van der Waals surface area contributed by atoms with Gasteiger partial charge in [-0.25, -0.2) is 0 Å². The number of ketones is 1. The van der Waals surface area contributed by atoms with E-state index >= 15 is 0 Å². The summed E-state index contributed by atoms with van der Waals surface area (Å²) in [6.45, 7) is 4.02. The molecule has 1 N–H and O–H groups in total. The fraction of sp³-hybridized carbons (Fsp3) is 0.462. The largest absolute Gasteiger partial charge is 0.507 e. The van der Waals surface area contributed by atoms with Gasteiger partial charge in [0.2, 0.25) is 5.78 Å². The molecule has 4 nitrogen and oxygen atoms in total. The van der Waals surface area contributed by atoms with Crippen LogP contribution in [0, 0.1) is 0 Å². The average molecular weight is 234 g/mol. The first-order valence-electron chi connectivity index (χ1n) is 5.72. The third-order valence-corrected chi connectivity index (χ3v) is 3.33. The Hall–Kier alpha value is -1.71. The Morgan fingerprint density at radius 3 is 2.88 bits per heavy atom. The zero-order valence-electron chi connectivity index (χ0n) is 9.87. The summed E-state index contributed by atoms with van der Waals surface area (Å²) in [5.74, 6) is 0.941. The number of phenolic OH excluding ortho intramolecular Hbond substituents is 1. The van der Waals surface area contributed by atoms with Crippen LogP contribution in [0.1, 0.15) is 36.2 Å². The van der Waals surface area contributed by atoms with Gasteiger partial charge in [0.1, 0.15) is 28.4 Å². The minimum Gasteiger partial charge on any atom is -0.507 e. The van der Waals surface area contributed by atoms with Crippen molar-refractivity contribution in [3.8, 4) is 17.2 Å². The van der Waals surface area contributed by atoms with Crippen molar-refractivity contribution in [1.29, 1.82) is 0 Å². The van der Waals surface area contributed by atoms with Gasteiger partial charge < -0.3 is 14.6 Å². The van der Waals surface area contributed by atoms with Crippen LogP contribution in [0.3, 0.4) is 0 Å². The molecule has 3 rings (SSSR count). The molecule has 1 aromatic rings. The van der Waals surface area contributed by atoms with Gasteiger partial charge in [-0.05, 0) is 26.7 Å². The molecule has 17 heavy (non-hydrogen) atoms. The van der Waals surface area contributed by atoms with Crippen molar-refractivity contribution in [1.82, 2.24) is 0 Å². The number of benzene rings is 1. The Balaban J connectivity index is 2.17. The molecular weight excluding hydrogens is 220 g/mol. The van der Waals surface area contributed by atoms with Crippen LogP contribution in [0.2, 0.25) is 0 Å². The number of hydrogen-bond donors (Lipinski definition) is 1. The third kappa shape index (κ3) is 1.47. The third-order valence-electron chi connectivity index (χ3n) is 3.33. The van der Waals surface area contributed by atoms with Crippen LogP contribution in [-0.2, 0) is 6.42 Å². The number of carbonyl (C=O) groups excluding carboxylic acids is 1. The Labute approximate surface area is 99.2 Å². The van der Waals surface area contributed by atoms with Crippen LogP contribution in [0.25, 0.3) is 0 Å². The van der Waals surface area contributed by atoms with Gasteiger partial charge in [-0.2, -0.15) is 0 Å². The standard InChI is InChI=1S/C13H14O4/c1-13(2)4-3-7-9(17-13)5-10-11(12(7)15)8(14)6-16-10/h5,15H,3-4,6H2,1-2H3. The van der Waals surface area contributed by atoms with Crippen LogP contribution < -0.4 is 9.47 Å². The summed E-state index contributed by atoms with van der Waals surface area (Å²) in [6, 6.07) is 1.72. The molecule has 0 radical (unpaired) electrons. The molecule has 0 aliphatic carbocycles. The summed E-state index contributed by atoms with van der Waals surface area (Å²) in [7, 11) is 0. The van der Waals surface area contributed by atoms with Gasteiger partial charge in [-0.3, -0.25) is 4.79 Å². The van der Waals surface area contributed by atoms with Gasteiger partial charge in [0.25, 0.3) is 0 Å². The molecule has 0 saturated heterocycles. The highest BCUT2D eigenvalue weighted by Crippen LogP contribution is 2.45. The molecule has 2 aliphatic heterocycles. The van der Waals surface area contributed by atoms with Crippen LogP contribution >= 0.6 is 0 Å². The van der Waals surface area contributed by atoms with Gasteiger partial charge in [0, 0.05) is 11.6 Å². The lowest BCUT2D eigenvalue weighted by molar-refractivity contribution is 0.0834. The maximum absolute atomic E-state index is 11.6. The van der Waals surface area contributed by atoms with Gasteiger partial charge in [0.15, 0.2) is 6.61 Å². The number of fused-ring (bicyclic) bond motifs is 2. The van der Waals surface area contributed by atoms with E-state index in [4.69, 9.17) is 9.47 Å². The second kappa shape index (κ2) is 3.15. The van der Waals surface area contributed by atoms with Crippen molar-refractivity contribution in [2.75, 3.05) is 6.61 Å². The van der Waals surface area contributed by atoms with Gasteiger partial charge >= 0.3 is 0 Å². The van der Waals surface area contributed by atoms with Gasteiger partial charge in [0.05, 0.1) is 0 Å². The summed E-state index contributed by atoms with van der Waals surface area (Å²) in [5, 5.41) is 10.1. The highest BCUT2D eigenvalue weighted by atomic mass is 16.5. The number of rotatable bonds is 0. The Morgan fingerprint density at radius 2 is 2.12 bits per heavy atom. The molecule has 0 saturated carbocycles. The first-order chi connectivity index (χ1) is 7.98. The van der Waals surface area contributed by atoms with Crippen molar-refractivity contribution < 1.29 is 19.4 Å². The summed E-state index contributed by atoms with van der Waals surface area (Å²) in [4.78, 5) is 11.6. The van der Waals surface area contributed by atoms with Crippen molar-refractivity contribution in [3.63, 3.8) is 0 Å². The predicted molar refractivity (Wildman–Crippen MR) is 61.0 cm³/mol. The SMILES string of the molecule is CC1(C)CCc2c(cc3c(c2O)C(=O)CO3)O1. The first kappa shape index (κ1) is 10.4. The lowest BCUT2D eigenvalue weighted by Gasteiger charge is -2.33. The molecular formula is C13H14O4. The molecule has 4 heteroatoms. The van der Waals surface area contributed by atoms with E-state index in [-0.39, 0.29) is 23.7 Å². The Kier molecular flexibility index (Phi) is 1.94. The molecule has 0 fully saturated rings. The van der Waals surface area contributed by atoms with E-state index in [1.807, 2.05) is 13.8 Å². The van der Waals surface area contributed by atoms with E-state index in [0.29, 0.717) is 23.5 Å². The summed E-state index contributed by atoms with van der Waals surface area (Å²) in [5.41, 5.74) is 0.796. The quantitative estimate of drug-likeness (QED) is 0.746. The number of phenols is 1. The molecule has 0 bridgehead atoms. The van der Waals surface area contributed by atoms with Gasteiger partial charge in [-0.15, -0.1) is 0 Å².